The van der Waals surface area contributed by atoms with E-state index in [-0.39, 0.29) is 12.5 Å². The minimum Gasteiger partial charge on any atom is -0.390 e. The number of ether oxygens (including phenoxy) is 1. The zero-order valence-corrected chi connectivity index (χ0v) is 17.3. The fraction of sp³-hybridized carbons (Fsp3) is 0.458. The van der Waals surface area contributed by atoms with E-state index in [1.54, 1.807) is 6.07 Å². The van der Waals surface area contributed by atoms with E-state index in [4.69, 9.17) is 4.74 Å². The number of nitrogens with one attached hydrogen (secondary N) is 2. The van der Waals surface area contributed by atoms with E-state index in [0.717, 1.165) is 51.3 Å². The molecule has 0 aromatic heterocycles. The number of amides is 1. The lowest BCUT2D eigenvalue weighted by atomic mass is 10.00. The van der Waals surface area contributed by atoms with Crippen LogP contribution in [0.5, 0.6) is 0 Å². The van der Waals surface area contributed by atoms with Crippen LogP contribution >= 0.6 is 0 Å². The summed E-state index contributed by atoms with van der Waals surface area (Å²) >= 11 is 0. The fourth-order valence-corrected chi connectivity index (χ4v) is 4.21. The van der Waals surface area contributed by atoms with Gasteiger partial charge in [-0.25, -0.2) is 0 Å². The van der Waals surface area contributed by atoms with Crippen molar-refractivity contribution >= 4 is 11.6 Å². The minimum atomic E-state index is -0.595. The van der Waals surface area contributed by atoms with Crippen molar-refractivity contribution in [2.75, 3.05) is 38.2 Å². The molecule has 2 heterocycles. The zero-order chi connectivity index (χ0) is 20.8. The third-order valence-corrected chi connectivity index (χ3v) is 5.89. The number of carbonyl (C=O) groups is 1. The number of rotatable bonds is 7. The van der Waals surface area contributed by atoms with Gasteiger partial charge in [-0.2, -0.15) is 0 Å². The van der Waals surface area contributed by atoms with Gasteiger partial charge in [0.15, 0.2) is 0 Å². The third-order valence-electron chi connectivity index (χ3n) is 5.89. The molecule has 1 saturated heterocycles. The molecule has 3 N–H and O–H groups in total. The zero-order valence-electron chi connectivity index (χ0n) is 17.3. The van der Waals surface area contributed by atoms with Crippen LogP contribution < -0.4 is 10.6 Å². The van der Waals surface area contributed by atoms with Gasteiger partial charge in [0.2, 0.25) is 0 Å². The number of aliphatic hydroxyl groups excluding tert-OH is 1. The third kappa shape index (κ3) is 5.59. The van der Waals surface area contributed by atoms with Gasteiger partial charge in [0, 0.05) is 56.7 Å². The molecule has 4 rings (SSSR count). The Labute approximate surface area is 178 Å². The monoisotopic (exact) mass is 409 g/mol. The summed E-state index contributed by atoms with van der Waals surface area (Å²) in [5.41, 5.74) is 4.27. The molecule has 6 heteroatoms. The van der Waals surface area contributed by atoms with Crippen molar-refractivity contribution in [3.05, 3.63) is 65.2 Å². The van der Waals surface area contributed by atoms with E-state index in [9.17, 15) is 9.90 Å². The number of aliphatic hydroxyl groups is 1. The number of β-amino-alcohol motifs (C(OH)–C–C–N with tert-alkyl or cyclic N) is 1. The number of anilines is 1. The first-order chi connectivity index (χ1) is 14.7. The van der Waals surface area contributed by atoms with Crippen LogP contribution in [-0.2, 0) is 17.7 Å². The summed E-state index contributed by atoms with van der Waals surface area (Å²) in [4.78, 5) is 14.8. The molecule has 1 amide bonds. The summed E-state index contributed by atoms with van der Waals surface area (Å²) < 4.78 is 5.39. The Hall–Kier alpha value is -2.41. The molecule has 30 heavy (non-hydrogen) atoms. The maximum Gasteiger partial charge on any atom is 0.251 e. The number of nitrogens with zero attached hydrogens (tertiary/aromatic N) is 1. The minimum absolute atomic E-state index is 0.159. The first-order valence-corrected chi connectivity index (χ1v) is 10.9. The van der Waals surface area contributed by atoms with Gasteiger partial charge in [0.1, 0.15) is 0 Å². The van der Waals surface area contributed by atoms with Crippen molar-refractivity contribution in [3.8, 4) is 0 Å². The first-order valence-electron chi connectivity index (χ1n) is 10.9. The van der Waals surface area contributed by atoms with Crippen LogP contribution in [0.4, 0.5) is 5.69 Å². The highest BCUT2D eigenvalue weighted by Gasteiger charge is 2.19. The molecule has 2 aliphatic heterocycles. The molecule has 160 valence electrons. The van der Waals surface area contributed by atoms with Gasteiger partial charge in [0.25, 0.3) is 5.91 Å². The molecular weight excluding hydrogens is 378 g/mol. The summed E-state index contributed by atoms with van der Waals surface area (Å²) in [6, 6.07) is 16.4. The molecular formula is C24H31N3O3. The standard InChI is InChI=1S/C24H31N3O3/c28-23(17-27-11-8-18-4-1-2-5-20(18)16-27)15-25-24(29)19-6-3-7-22(14-19)26-21-9-12-30-13-10-21/h1-7,14,21,23,26,28H,8-13,15-17H2,(H,25,29)/t23-/m1/s1. The van der Waals surface area contributed by atoms with Gasteiger partial charge in [-0.1, -0.05) is 30.3 Å². The van der Waals surface area contributed by atoms with Gasteiger partial charge in [-0.3, -0.25) is 9.69 Å². The molecule has 0 bridgehead atoms. The second kappa shape index (κ2) is 10.1. The first kappa shape index (κ1) is 20.8. The Morgan fingerprint density at radius 1 is 1.13 bits per heavy atom. The normalized spacial score (nSPS) is 18.4. The van der Waals surface area contributed by atoms with E-state index in [1.165, 1.54) is 11.1 Å². The van der Waals surface area contributed by atoms with Crippen LogP contribution in [0.15, 0.2) is 48.5 Å². The molecule has 0 radical (unpaired) electrons. The van der Waals surface area contributed by atoms with Crippen LogP contribution in [0.2, 0.25) is 0 Å². The topological polar surface area (TPSA) is 73.8 Å². The van der Waals surface area contributed by atoms with Crippen LogP contribution in [0.1, 0.15) is 34.3 Å². The van der Waals surface area contributed by atoms with Crippen molar-refractivity contribution in [2.45, 2.75) is 38.0 Å². The van der Waals surface area contributed by atoms with Gasteiger partial charge in [0.05, 0.1) is 6.10 Å². The van der Waals surface area contributed by atoms with Crippen molar-refractivity contribution in [1.29, 1.82) is 0 Å². The van der Waals surface area contributed by atoms with Crippen molar-refractivity contribution < 1.29 is 14.6 Å². The van der Waals surface area contributed by atoms with Crippen molar-refractivity contribution in [1.82, 2.24) is 10.2 Å². The largest absolute Gasteiger partial charge is 0.390 e. The molecule has 2 aliphatic rings. The van der Waals surface area contributed by atoms with E-state index in [1.807, 2.05) is 18.2 Å². The Bertz CT molecular complexity index is 851. The molecule has 2 aromatic rings. The second-order valence-electron chi connectivity index (χ2n) is 8.23. The van der Waals surface area contributed by atoms with Crippen LogP contribution in [0.3, 0.4) is 0 Å². The second-order valence-corrected chi connectivity index (χ2v) is 8.23. The SMILES string of the molecule is O=C(NC[C@@H](O)CN1CCc2ccccc2C1)c1cccc(NC2CCOCC2)c1. The van der Waals surface area contributed by atoms with Gasteiger partial charge < -0.3 is 20.5 Å². The Morgan fingerprint density at radius 2 is 1.93 bits per heavy atom. The summed E-state index contributed by atoms with van der Waals surface area (Å²) in [6.45, 7) is 4.13. The summed E-state index contributed by atoms with van der Waals surface area (Å²) in [5, 5.41) is 16.8. The quantitative estimate of drug-likeness (QED) is 0.655. The Morgan fingerprint density at radius 3 is 2.77 bits per heavy atom. The number of hydrogen-bond donors (Lipinski definition) is 3. The van der Waals surface area contributed by atoms with Crippen molar-refractivity contribution in [2.24, 2.45) is 0 Å². The lowest BCUT2D eigenvalue weighted by Crippen LogP contribution is -2.42. The maximum absolute atomic E-state index is 12.6. The van der Waals surface area contributed by atoms with Gasteiger partial charge in [-0.05, 0) is 48.6 Å². The number of carbonyl (C=O) groups excluding carboxylic acids is 1. The number of fused-ring (bicyclic) bond motifs is 1. The molecule has 1 atom stereocenters. The lowest BCUT2D eigenvalue weighted by Gasteiger charge is -2.30. The Kier molecular flexibility index (Phi) is 7.00. The fourth-order valence-electron chi connectivity index (χ4n) is 4.21. The molecule has 0 saturated carbocycles. The molecule has 6 nitrogen and oxygen atoms in total. The van der Waals surface area contributed by atoms with Gasteiger partial charge >= 0.3 is 0 Å². The molecule has 0 aliphatic carbocycles. The summed E-state index contributed by atoms with van der Waals surface area (Å²) in [5.74, 6) is -0.159. The predicted molar refractivity (Wildman–Crippen MR) is 118 cm³/mol. The maximum atomic E-state index is 12.6. The highest BCUT2D eigenvalue weighted by atomic mass is 16.5. The molecule has 1 fully saturated rings. The van der Waals surface area contributed by atoms with Crippen molar-refractivity contribution in [3.63, 3.8) is 0 Å². The van der Waals surface area contributed by atoms with Crippen LogP contribution in [0, 0.1) is 0 Å². The highest BCUT2D eigenvalue weighted by molar-refractivity contribution is 5.95. The average molecular weight is 410 g/mol. The number of benzene rings is 2. The van der Waals surface area contributed by atoms with E-state index in [2.05, 4.69) is 39.8 Å². The number of hydrogen-bond acceptors (Lipinski definition) is 5. The van der Waals surface area contributed by atoms with Crippen LogP contribution in [0.25, 0.3) is 0 Å². The molecule has 2 aromatic carbocycles. The van der Waals surface area contributed by atoms with E-state index in [0.29, 0.717) is 18.2 Å². The summed E-state index contributed by atoms with van der Waals surface area (Å²) in [7, 11) is 0. The average Bonchev–Trinajstić information content (AvgIpc) is 2.78. The molecule has 0 unspecified atom stereocenters. The summed E-state index contributed by atoms with van der Waals surface area (Å²) in [6.07, 6.45) is 2.36. The Balaban J connectivity index is 1.24. The van der Waals surface area contributed by atoms with E-state index < -0.39 is 6.10 Å². The highest BCUT2D eigenvalue weighted by Crippen LogP contribution is 2.19. The lowest BCUT2D eigenvalue weighted by molar-refractivity contribution is 0.0841. The van der Waals surface area contributed by atoms with Crippen LogP contribution in [-0.4, -0.2) is 60.9 Å². The predicted octanol–water partition coefficient (Wildman–Crippen LogP) is 2.43. The van der Waals surface area contributed by atoms with E-state index >= 15 is 0 Å². The molecule has 0 spiro atoms. The van der Waals surface area contributed by atoms with Gasteiger partial charge in [-0.15, -0.1) is 0 Å². The smallest absolute Gasteiger partial charge is 0.251 e.